The number of aromatic nitrogens is 1. The van der Waals surface area contributed by atoms with Crippen molar-refractivity contribution in [1.82, 2.24) is 15.2 Å². The average Bonchev–Trinajstić information content (AvgIpc) is 3.24. The molecule has 6 heteroatoms. The van der Waals surface area contributed by atoms with Crippen molar-refractivity contribution in [3.8, 4) is 0 Å². The molecule has 0 aromatic carbocycles. The summed E-state index contributed by atoms with van der Waals surface area (Å²) < 4.78 is 5.54. The third-order valence-corrected chi connectivity index (χ3v) is 5.98. The van der Waals surface area contributed by atoms with Crippen molar-refractivity contribution in [2.24, 2.45) is 5.92 Å². The summed E-state index contributed by atoms with van der Waals surface area (Å²) in [6.45, 7) is 6.90. The van der Waals surface area contributed by atoms with Crippen LogP contribution < -0.4 is 5.32 Å². The Hall–Kier alpha value is -0.980. The fraction of sp³-hybridized carbons (Fsp3) is 0.778. The van der Waals surface area contributed by atoms with Gasteiger partial charge in [0.15, 0.2) is 0 Å². The molecule has 0 aliphatic carbocycles. The third kappa shape index (κ3) is 5.53. The zero-order chi connectivity index (χ0) is 16.8. The number of thiazole rings is 1. The molecule has 0 spiro atoms. The molecule has 134 valence electrons. The smallest absolute Gasteiger partial charge is 0.220 e. The van der Waals surface area contributed by atoms with Gasteiger partial charge >= 0.3 is 0 Å². The van der Waals surface area contributed by atoms with Crippen LogP contribution in [0.3, 0.4) is 0 Å². The van der Waals surface area contributed by atoms with Crippen LogP contribution in [0.15, 0.2) is 6.20 Å². The summed E-state index contributed by atoms with van der Waals surface area (Å²) in [4.78, 5) is 20.2. The molecule has 1 N–H and O–H groups in total. The molecule has 1 aromatic heterocycles. The van der Waals surface area contributed by atoms with Crippen molar-refractivity contribution in [3.63, 3.8) is 0 Å². The zero-order valence-corrected chi connectivity index (χ0v) is 15.4. The van der Waals surface area contributed by atoms with E-state index in [-0.39, 0.29) is 12.0 Å². The van der Waals surface area contributed by atoms with Crippen LogP contribution in [0, 0.1) is 12.8 Å². The van der Waals surface area contributed by atoms with E-state index >= 15 is 0 Å². The molecule has 0 radical (unpaired) electrons. The van der Waals surface area contributed by atoms with Gasteiger partial charge < -0.3 is 10.1 Å². The van der Waals surface area contributed by atoms with Crippen LogP contribution >= 0.6 is 11.3 Å². The number of hydrogen-bond donors (Lipinski definition) is 1. The first-order chi connectivity index (χ1) is 11.7. The predicted octanol–water partition coefficient (Wildman–Crippen LogP) is 2.74. The van der Waals surface area contributed by atoms with Crippen molar-refractivity contribution in [2.45, 2.75) is 58.1 Å². The average molecular weight is 352 g/mol. The number of likely N-dealkylation sites (tertiary alicyclic amines) is 1. The van der Waals surface area contributed by atoms with Gasteiger partial charge in [-0.2, -0.15) is 0 Å². The molecular weight excluding hydrogens is 322 g/mol. The van der Waals surface area contributed by atoms with Gasteiger partial charge in [-0.3, -0.25) is 9.69 Å². The maximum atomic E-state index is 12.0. The summed E-state index contributed by atoms with van der Waals surface area (Å²) in [5.41, 5.74) is 0. The number of aryl methyl sites for hydroxylation is 1. The normalized spacial score (nSPS) is 22.8. The Morgan fingerprint density at radius 3 is 2.92 bits per heavy atom. The number of piperidine rings is 1. The van der Waals surface area contributed by atoms with Gasteiger partial charge in [0.1, 0.15) is 0 Å². The molecule has 2 saturated heterocycles. The minimum Gasteiger partial charge on any atom is -0.376 e. The van der Waals surface area contributed by atoms with Gasteiger partial charge in [-0.1, -0.05) is 0 Å². The van der Waals surface area contributed by atoms with Crippen LogP contribution in [0.25, 0.3) is 0 Å². The molecule has 0 unspecified atom stereocenters. The second-order valence-electron chi connectivity index (χ2n) is 7.04. The fourth-order valence-corrected chi connectivity index (χ4v) is 4.43. The first-order valence-corrected chi connectivity index (χ1v) is 10.0. The Morgan fingerprint density at radius 2 is 2.25 bits per heavy atom. The number of nitrogens with zero attached hydrogens (tertiary/aromatic N) is 2. The van der Waals surface area contributed by atoms with E-state index in [9.17, 15) is 4.79 Å². The summed E-state index contributed by atoms with van der Waals surface area (Å²) in [5.74, 6) is 0.881. The topological polar surface area (TPSA) is 54.5 Å². The summed E-state index contributed by atoms with van der Waals surface area (Å²) in [6.07, 6.45) is 8.54. The Balaban J connectivity index is 1.28. The van der Waals surface area contributed by atoms with Crippen molar-refractivity contribution in [1.29, 1.82) is 0 Å². The Bertz CT molecular complexity index is 520. The predicted molar refractivity (Wildman–Crippen MR) is 96.1 cm³/mol. The maximum Gasteiger partial charge on any atom is 0.220 e. The van der Waals surface area contributed by atoms with E-state index < -0.39 is 0 Å². The molecule has 2 aliphatic heterocycles. The summed E-state index contributed by atoms with van der Waals surface area (Å²) >= 11 is 1.80. The molecular formula is C18H29N3O2S. The van der Waals surface area contributed by atoms with Crippen molar-refractivity contribution < 1.29 is 9.53 Å². The lowest BCUT2D eigenvalue weighted by molar-refractivity contribution is -0.122. The lowest BCUT2D eigenvalue weighted by atomic mass is 9.92. The minimum atomic E-state index is 0.188. The van der Waals surface area contributed by atoms with E-state index in [0.29, 0.717) is 18.9 Å². The largest absolute Gasteiger partial charge is 0.376 e. The van der Waals surface area contributed by atoms with Gasteiger partial charge in [0.25, 0.3) is 0 Å². The number of carbonyl (C=O) groups is 1. The van der Waals surface area contributed by atoms with Crippen molar-refractivity contribution in [2.75, 3.05) is 26.2 Å². The summed E-state index contributed by atoms with van der Waals surface area (Å²) in [6, 6.07) is 0. The monoisotopic (exact) mass is 351 g/mol. The quantitative estimate of drug-likeness (QED) is 0.821. The molecule has 3 rings (SSSR count). The van der Waals surface area contributed by atoms with Crippen LogP contribution in [-0.2, 0) is 16.1 Å². The van der Waals surface area contributed by atoms with Crippen LogP contribution in [0.4, 0.5) is 0 Å². The summed E-state index contributed by atoms with van der Waals surface area (Å²) in [7, 11) is 0. The standard InChI is InChI=1S/C18H29N3O2S/c1-14-19-12-17(24-14)13-21-8-6-15(7-9-21)4-5-18(22)20-11-16-3-2-10-23-16/h12,15-16H,2-11,13H2,1H3,(H,20,22)/t16-/m1/s1. The van der Waals surface area contributed by atoms with Gasteiger partial charge in [-0.05, 0) is 58.0 Å². The molecule has 0 saturated carbocycles. The first kappa shape index (κ1) is 17.8. The molecule has 3 heterocycles. The molecule has 5 nitrogen and oxygen atoms in total. The third-order valence-electron chi connectivity index (χ3n) is 5.09. The van der Waals surface area contributed by atoms with Crippen LogP contribution in [0.5, 0.6) is 0 Å². The number of ether oxygens (including phenoxy) is 1. The number of nitrogens with one attached hydrogen (secondary N) is 1. The summed E-state index contributed by atoms with van der Waals surface area (Å²) in [5, 5.41) is 4.18. The minimum absolute atomic E-state index is 0.188. The van der Waals surface area contributed by atoms with Gasteiger partial charge in [0, 0.05) is 37.2 Å². The van der Waals surface area contributed by atoms with E-state index in [1.807, 2.05) is 6.20 Å². The second kappa shape index (κ2) is 8.92. The Kier molecular flexibility index (Phi) is 6.63. The molecule has 1 amide bonds. The number of hydrogen-bond acceptors (Lipinski definition) is 5. The Labute approximate surface area is 148 Å². The highest BCUT2D eigenvalue weighted by Gasteiger charge is 2.21. The lowest BCUT2D eigenvalue weighted by Crippen LogP contribution is -2.34. The van der Waals surface area contributed by atoms with Gasteiger partial charge in [0.2, 0.25) is 5.91 Å². The molecule has 24 heavy (non-hydrogen) atoms. The number of carbonyl (C=O) groups excluding carboxylic acids is 1. The molecule has 2 fully saturated rings. The second-order valence-corrected chi connectivity index (χ2v) is 8.36. The fourth-order valence-electron chi connectivity index (χ4n) is 3.59. The van der Waals surface area contributed by atoms with E-state index in [1.54, 1.807) is 11.3 Å². The number of rotatable bonds is 7. The highest BCUT2D eigenvalue weighted by molar-refractivity contribution is 7.11. The number of amides is 1. The van der Waals surface area contributed by atoms with Crippen molar-refractivity contribution in [3.05, 3.63) is 16.1 Å². The van der Waals surface area contributed by atoms with Crippen LogP contribution in [-0.4, -0.2) is 48.1 Å². The maximum absolute atomic E-state index is 12.0. The van der Waals surface area contributed by atoms with E-state index in [1.165, 1.54) is 17.7 Å². The first-order valence-electron chi connectivity index (χ1n) is 9.21. The van der Waals surface area contributed by atoms with E-state index in [4.69, 9.17) is 4.74 Å². The zero-order valence-electron chi connectivity index (χ0n) is 14.6. The van der Waals surface area contributed by atoms with E-state index in [2.05, 4.69) is 22.1 Å². The van der Waals surface area contributed by atoms with E-state index in [0.717, 1.165) is 50.5 Å². The SMILES string of the molecule is Cc1ncc(CN2CCC(CCC(=O)NC[C@H]3CCCO3)CC2)s1. The lowest BCUT2D eigenvalue weighted by Gasteiger charge is -2.31. The molecule has 0 bridgehead atoms. The molecule has 2 aliphatic rings. The van der Waals surface area contributed by atoms with Gasteiger partial charge in [-0.15, -0.1) is 11.3 Å². The highest BCUT2D eigenvalue weighted by Crippen LogP contribution is 2.24. The van der Waals surface area contributed by atoms with Crippen LogP contribution in [0.1, 0.15) is 48.4 Å². The molecule has 1 aromatic rings. The van der Waals surface area contributed by atoms with Crippen molar-refractivity contribution >= 4 is 17.2 Å². The Morgan fingerprint density at radius 1 is 1.42 bits per heavy atom. The highest BCUT2D eigenvalue weighted by atomic mass is 32.1. The van der Waals surface area contributed by atoms with Crippen LogP contribution in [0.2, 0.25) is 0 Å². The molecule has 1 atom stereocenters. The van der Waals surface area contributed by atoms with Gasteiger partial charge in [-0.25, -0.2) is 4.98 Å². The van der Waals surface area contributed by atoms with Gasteiger partial charge in [0.05, 0.1) is 11.1 Å².